The lowest BCUT2D eigenvalue weighted by molar-refractivity contribution is 0.723. The average molecular weight is 205 g/mol. The van der Waals surface area contributed by atoms with Gasteiger partial charge in [-0.1, -0.05) is 41.5 Å². The van der Waals surface area contributed by atoms with Gasteiger partial charge in [-0.3, -0.25) is 4.98 Å². The molecule has 1 heterocycles. The van der Waals surface area contributed by atoms with Gasteiger partial charge in [0, 0.05) is 11.9 Å². The molecule has 0 spiro atoms. The van der Waals surface area contributed by atoms with Gasteiger partial charge < -0.3 is 0 Å². The predicted octanol–water partition coefficient (Wildman–Crippen LogP) is 4.45. The smallest absolute Gasteiger partial charge is 0.0466 e. The molecule has 1 nitrogen and oxygen atoms in total. The molecule has 1 rings (SSSR count). The molecule has 0 amide bonds. The van der Waals surface area contributed by atoms with Gasteiger partial charge >= 0.3 is 0 Å². The Kier molecular flexibility index (Phi) is 3.90. The summed E-state index contributed by atoms with van der Waals surface area (Å²) in [6.07, 6.45) is 1.95. The normalized spacial score (nSPS) is 11.8. The number of hydrogen-bond donors (Lipinski definition) is 0. The molecule has 0 radical (unpaired) electrons. The van der Waals surface area contributed by atoms with Crippen molar-refractivity contribution >= 4 is 0 Å². The summed E-state index contributed by atoms with van der Waals surface area (Å²) in [6, 6.07) is 2.17. The average Bonchev–Trinajstić information content (AvgIpc) is 2.16. The Hall–Kier alpha value is -0.850. The monoisotopic (exact) mass is 205 g/mol. The zero-order valence-electron chi connectivity index (χ0n) is 10.8. The van der Waals surface area contributed by atoms with E-state index in [9.17, 15) is 0 Å². The molecular weight excluding hydrogens is 182 g/mol. The topological polar surface area (TPSA) is 12.9 Å². The highest BCUT2D eigenvalue weighted by Crippen LogP contribution is 2.31. The fourth-order valence-electron chi connectivity index (χ4n) is 2.10. The molecule has 0 unspecified atom stereocenters. The van der Waals surface area contributed by atoms with Crippen LogP contribution in [0.15, 0.2) is 12.3 Å². The summed E-state index contributed by atoms with van der Waals surface area (Å²) < 4.78 is 0. The van der Waals surface area contributed by atoms with Crippen LogP contribution in [0.4, 0.5) is 0 Å². The summed E-state index contributed by atoms with van der Waals surface area (Å²) in [6.45, 7) is 13.5. The third kappa shape index (κ3) is 2.58. The molecule has 0 aliphatic carbocycles. The van der Waals surface area contributed by atoms with E-state index in [1.54, 1.807) is 0 Å². The maximum atomic E-state index is 4.54. The van der Waals surface area contributed by atoms with Crippen molar-refractivity contribution in [3.63, 3.8) is 0 Å². The van der Waals surface area contributed by atoms with Crippen molar-refractivity contribution < 1.29 is 0 Å². The third-order valence-corrected chi connectivity index (χ3v) is 2.80. The number of nitrogens with zero attached hydrogens (tertiary/aromatic N) is 1. The molecule has 0 aliphatic heterocycles. The zero-order chi connectivity index (χ0) is 11.6. The molecule has 0 aliphatic rings. The molecule has 0 N–H and O–H groups in total. The summed E-state index contributed by atoms with van der Waals surface area (Å²) in [4.78, 5) is 4.54. The van der Waals surface area contributed by atoms with Crippen LogP contribution >= 0.6 is 0 Å². The lowest BCUT2D eigenvalue weighted by Gasteiger charge is -2.21. The summed E-state index contributed by atoms with van der Waals surface area (Å²) in [5, 5.41) is 0. The minimum atomic E-state index is 0.515. The van der Waals surface area contributed by atoms with Crippen LogP contribution in [0.5, 0.6) is 0 Å². The van der Waals surface area contributed by atoms with E-state index in [1.807, 2.05) is 6.20 Å². The van der Waals surface area contributed by atoms with Crippen LogP contribution in [-0.2, 0) is 0 Å². The Morgan fingerprint density at radius 3 is 1.87 bits per heavy atom. The first-order valence-electron chi connectivity index (χ1n) is 5.93. The lowest BCUT2D eigenvalue weighted by Crippen LogP contribution is -2.07. The van der Waals surface area contributed by atoms with Gasteiger partial charge in [-0.25, -0.2) is 0 Å². The fourth-order valence-corrected chi connectivity index (χ4v) is 2.10. The van der Waals surface area contributed by atoms with E-state index in [4.69, 9.17) is 0 Å². The minimum Gasteiger partial charge on any atom is -0.261 e. The molecule has 84 valence electrons. The van der Waals surface area contributed by atoms with Gasteiger partial charge in [0.05, 0.1) is 0 Å². The predicted molar refractivity (Wildman–Crippen MR) is 66.5 cm³/mol. The van der Waals surface area contributed by atoms with Crippen LogP contribution < -0.4 is 0 Å². The Labute approximate surface area is 93.9 Å². The Morgan fingerprint density at radius 2 is 1.47 bits per heavy atom. The maximum Gasteiger partial charge on any atom is 0.0466 e. The Morgan fingerprint density at radius 1 is 0.867 bits per heavy atom. The van der Waals surface area contributed by atoms with E-state index in [2.05, 4.69) is 52.6 Å². The van der Waals surface area contributed by atoms with E-state index in [0.717, 1.165) is 0 Å². The van der Waals surface area contributed by atoms with Crippen molar-refractivity contribution in [2.75, 3.05) is 0 Å². The first-order valence-corrected chi connectivity index (χ1v) is 5.93. The molecule has 0 saturated heterocycles. The van der Waals surface area contributed by atoms with Gasteiger partial charge in [-0.05, 0) is 34.9 Å². The highest BCUT2D eigenvalue weighted by molar-refractivity contribution is 5.36. The van der Waals surface area contributed by atoms with Gasteiger partial charge in [0.2, 0.25) is 0 Å². The summed E-state index contributed by atoms with van der Waals surface area (Å²) in [7, 11) is 0. The van der Waals surface area contributed by atoms with Crippen LogP contribution in [0.2, 0.25) is 0 Å². The number of aromatic nitrogens is 1. The van der Waals surface area contributed by atoms with Crippen LogP contribution in [0.25, 0.3) is 0 Å². The second kappa shape index (κ2) is 4.78. The van der Waals surface area contributed by atoms with E-state index in [1.165, 1.54) is 16.8 Å². The lowest BCUT2D eigenvalue weighted by atomic mass is 9.87. The standard InChI is InChI=1S/C14H23N/c1-9(2)12-7-8-15-14(11(5)6)13(12)10(3)4/h7-11H,1-6H3. The van der Waals surface area contributed by atoms with Crippen molar-refractivity contribution in [3.05, 3.63) is 29.1 Å². The first kappa shape index (κ1) is 12.2. The summed E-state index contributed by atoms with van der Waals surface area (Å²) in [5.74, 6) is 1.66. The van der Waals surface area contributed by atoms with Gasteiger partial charge in [0.1, 0.15) is 0 Å². The van der Waals surface area contributed by atoms with Crippen LogP contribution in [-0.4, -0.2) is 4.98 Å². The molecule has 0 aromatic carbocycles. The molecule has 0 fully saturated rings. The SMILES string of the molecule is CC(C)c1ccnc(C(C)C)c1C(C)C. The third-order valence-electron chi connectivity index (χ3n) is 2.80. The Bertz CT molecular complexity index is 298. The van der Waals surface area contributed by atoms with E-state index in [-0.39, 0.29) is 0 Å². The van der Waals surface area contributed by atoms with Gasteiger partial charge in [0.15, 0.2) is 0 Å². The molecule has 1 aromatic heterocycles. The van der Waals surface area contributed by atoms with E-state index >= 15 is 0 Å². The van der Waals surface area contributed by atoms with E-state index in [0.29, 0.717) is 17.8 Å². The van der Waals surface area contributed by atoms with Gasteiger partial charge in [-0.2, -0.15) is 0 Å². The fraction of sp³-hybridized carbons (Fsp3) is 0.643. The van der Waals surface area contributed by atoms with E-state index < -0.39 is 0 Å². The van der Waals surface area contributed by atoms with Crippen molar-refractivity contribution in [2.45, 2.75) is 59.3 Å². The molecule has 15 heavy (non-hydrogen) atoms. The van der Waals surface area contributed by atoms with Crippen molar-refractivity contribution in [1.82, 2.24) is 4.98 Å². The molecular formula is C14H23N. The highest BCUT2D eigenvalue weighted by atomic mass is 14.7. The quantitative estimate of drug-likeness (QED) is 0.710. The zero-order valence-corrected chi connectivity index (χ0v) is 10.8. The van der Waals surface area contributed by atoms with Gasteiger partial charge in [-0.15, -0.1) is 0 Å². The number of rotatable bonds is 3. The molecule has 0 saturated carbocycles. The first-order chi connectivity index (χ1) is 6.95. The van der Waals surface area contributed by atoms with Crippen LogP contribution in [0.3, 0.4) is 0 Å². The highest BCUT2D eigenvalue weighted by Gasteiger charge is 2.16. The largest absolute Gasteiger partial charge is 0.261 e. The molecule has 0 atom stereocenters. The van der Waals surface area contributed by atoms with Gasteiger partial charge in [0.25, 0.3) is 0 Å². The maximum absolute atomic E-state index is 4.54. The molecule has 1 heteroatoms. The Balaban J connectivity index is 3.35. The second-order valence-electron chi connectivity index (χ2n) is 5.16. The van der Waals surface area contributed by atoms with Crippen LogP contribution in [0.1, 0.15) is 76.1 Å². The number of pyridine rings is 1. The molecule has 0 bridgehead atoms. The second-order valence-corrected chi connectivity index (χ2v) is 5.16. The van der Waals surface area contributed by atoms with Crippen molar-refractivity contribution in [2.24, 2.45) is 0 Å². The van der Waals surface area contributed by atoms with Crippen LogP contribution in [0, 0.1) is 0 Å². The summed E-state index contributed by atoms with van der Waals surface area (Å²) >= 11 is 0. The van der Waals surface area contributed by atoms with Crippen molar-refractivity contribution in [3.8, 4) is 0 Å². The number of hydrogen-bond acceptors (Lipinski definition) is 1. The summed E-state index contributed by atoms with van der Waals surface area (Å²) in [5.41, 5.74) is 4.20. The molecule has 1 aromatic rings. The van der Waals surface area contributed by atoms with Crippen molar-refractivity contribution in [1.29, 1.82) is 0 Å². The minimum absolute atomic E-state index is 0.515.